The van der Waals surface area contributed by atoms with Crippen LogP contribution >= 0.6 is 11.6 Å². The van der Waals surface area contributed by atoms with Crippen molar-refractivity contribution in [3.8, 4) is 5.75 Å². The van der Waals surface area contributed by atoms with E-state index < -0.39 is 0 Å². The van der Waals surface area contributed by atoms with Crippen LogP contribution in [-0.2, 0) is 10.6 Å². The third-order valence-corrected chi connectivity index (χ3v) is 2.58. The Labute approximate surface area is 109 Å². The summed E-state index contributed by atoms with van der Waals surface area (Å²) in [6.45, 7) is 8.28. The van der Waals surface area contributed by atoms with Crippen molar-refractivity contribution in [2.24, 2.45) is 5.92 Å². The molecule has 0 bridgehead atoms. The second kappa shape index (κ2) is 7.57. The summed E-state index contributed by atoms with van der Waals surface area (Å²) in [6.07, 6.45) is 0. The normalized spacial score (nSPS) is 10.9. The summed E-state index contributed by atoms with van der Waals surface area (Å²) in [6, 6.07) is 6.05. The number of hydrogen-bond donors (Lipinski definition) is 0. The molecule has 2 nitrogen and oxygen atoms in total. The van der Waals surface area contributed by atoms with Gasteiger partial charge in [0.05, 0.1) is 12.5 Å². The Morgan fingerprint density at radius 3 is 2.65 bits per heavy atom. The lowest BCUT2D eigenvalue weighted by Gasteiger charge is -2.11. The standard InChI is InChI=1S/C14H21ClO2/c1-11(2)10-16-6-7-17-14-5-4-12(3)8-13(14)9-15/h4-5,8,11H,6-7,9-10H2,1-3H3. The minimum atomic E-state index is 0.476. The fourth-order valence-corrected chi connectivity index (χ4v) is 1.69. The van der Waals surface area contributed by atoms with E-state index in [9.17, 15) is 0 Å². The molecule has 1 aromatic rings. The van der Waals surface area contributed by atoms with Gasteiger partial charge in [0.1, 0.15) is 12.4 Å². The summed E-state index contributed by atoms with van der Waals surface area (Å²) < 4.78 is 11.1. The van der Waals surface area contributed by atoms with Gasteiger partial charge in [-0.05, 0) is 18.9 Å². The molecule has 0 spiro atoms. The van der Waals surface area contributed by atoms with Crippen LogP contribution in [0.4, 0.5) is 0 Å². The predicted octanol–water partition coefficient (Wildman–Crippen LogP) is 3.79. The fourth-order valence-electron chi connectivity index (χ4n) is 1.48. The summed E-state index contributed by atoms with van der Waals surface area (Å²) in [4.78, 5) is 0. The van der Waals surface area contributed by atoms with E-state index in [0.29, 0.717) is 25.0 Å². The van der Waals surface area contributed by atoms with Crippen LogP contribution < -0.4 is 4.74 Å². The van der Waals surface area contributed by atoms with Crippen molar-refractivity contribution in [2.75, 3.05) is 19.8 Å². The highest BCUT2D eigenvalue weighted by Crippen LogP contribution is 2.21. The molecule has 0 atom stereocenters. The highest BCUT2D eigenvalue weighted by molar-refractivity contribution is 6.17. The predicted molar refractivity (Wildman–Crippen MR) is 71.9 cm³/mol. The summed E-state index contributed by atoms with van der Waals surface area (Å²) >= 11 is 5.87. The number of benzene rings is 1. The molecule has 0 N–H and O–H groups in total. The first-order valence-electron chi connectivity index (χ1n) is 5.99. The van der Waals surface area contributed by atoms with E-state index in [2.05, 4.69) is 19.9 Å². The van der Waals surface area contributed by atoms with Gasteiger partial charge in [-0.2, -0.15) is 0 Å². The lowest BCUT2D eigenvalue weighted by Crippen LogP contribution is -2.10. The maximum Gasteiger partial charge on any atom is 0.123 e. The van der Waals surface area contributed by atoms with Gasteiger partial charge in [-0.1, -0.05) is 31.5 Å². The van der Waals surface area contributed by atoms with E-state index in [1.54, 1.807) is 0 Å². The largest absolute Gasteiger partial charge is 0.491 e. The molecule has 1 aromatic carbocycles. The first kappa shape index (κ1) is 14.3. The molecule has 0 aromatic heterocycles. The van der Waals surface area contributed by atoms with Crippen LogP contribution in [0.2, 0.25) is 0 Å². The van der Waals surface area contributed by atoms with Crippen molar-refractivity contribution in [2.45, 2.75) is 26.7 Å². The highest BCUT2D eigenvalue weighted by Gasteiger charge is 2.03. The van der Waals surface area contributed by atoms with E-state index in [0.717, 1.165) is 17.9 Å². The smallest absolute Gasteiger partial charge is 0.123 e. The molecule has 0 amide bonds. The van der Waals surface area contributed by atoms with Crippen LogP contribution in [0, 0.1) is 12.8 Å². The number of alkyl halides is 1. The number of hydrogen-bond acceptors (Lipinski definition) is 2. The van der Waals surface area contributed by atoms with E-state index in [-0.39, 0.29) is 0 Å². The quantitative estimate of drug-likeness (QED) is 0.546. The summed E-state index contributed by atoms with van der Waals surface area (Å²) in [5.74, 6) is 1.90. The monoisotopic (exact) mass is 256 g/mol. The van der Waals surface area contributed by atoms with Crippen LogP contribution in [0.3, 0.4) is 0 Å². The van der Waals surface area contributed by atoms with Crippen molar-refractivity contribution in [3.05, 3.63) is 29.3 Å². The SMILES string of the molecule is Cc1ccc(OCCOCC(C)C)c(CCl)c1. The molecule has 0 aliphatic carbocycles. The first-order chi connectivity index (χ1) is 8.13. The summed E-state index contributed by atoms with van der Waals surface area (Å²) in [5, 5.41) is 0. The third-order valence-electron chi connectivity index (χ3n) is 2.30. The molecule has 17 heavy (non-hydrogen) atoms. The number of rotatable bonds is 7. The molecule has 0 radical (unpaired) electrons. The zero-order chi connectivity index (χ0) is 12.7. The van der Waals surface area contributed by atoms with Gasteiger partial charge in [0, 0.05) is 12.2 Å². The van der Waals surface area contributed by atoms with Crippen LogP contribution in [0.15, 0.2) is 18.2 Å². The molecule has 0 heterocycles. The summed E-state index contributed by atoms with van der Waals surface area (Å²) in [7, 11) is 0. The van der Waals surface area contributed by atoms with E-state index in [1.165, 1.54) is 5.56 Å². The molecule has 0 unspecified atom stereocenters. The molecule has 0 saturated carbocycles. The van der Waals surface area contributed by atoms with E-state index >= 15 is 0 Å². The lowest BCUT2D eigenvalue weighted by molar-refractivity contribution is 0.0817. The Hall–Kier alpha value is -0.730. The van der Waals surface area contributed by atoms with Gasteiger partial charge >= 0.3 is 0 Å². The van der Waals surface area contributed by atoms with Gasteiger partial charge in [-0.25, -0.2) is 0 Å². The Balaban J connectivity index is 2.36. The molecule has 0 fully saturated rings. The zero-order valence-corrected chi connectivity index (χ0v) is 11.6. The van der Waals surface area contributed by atoms with Crippen molar-refractivity contribution in [1.82, 2.24) is 0 Å². The summed E-state index contributed by atoms with van der Waals surface area (Å²) in [5.41, 5.74) is 2.24. The molecule has 0 aliphatic heterocycles. The highest BCUT2D eigenvalue weighted by atomic mass is 35.5. The van der Waals surface area contributed by atoms with Gasteiger partial charge in [0.25, 0.3) is 0 Å². The molecular weight excluding hydrogens is 236 g/mol. The van der Waals surface area contributed by atoms with Gasteiger partial charge in [-0.15, -0.1) is 11.6 Å². The van der Waals surface area contributed by atoms with Crippen molar-refractivity contribution >= 4 is 11.6 Å². The average molecular weight is 257 g/mol. The number of ether oxygens (including phenoxy) is 2. The van der Waals surface area contributed by atoms with Crippen molar-refractivity contribution in [3.63, 3.8) is 0 Å². The van der Waals surface area contributed by atoms with Gasteiger partial charge in [-0.3, -0.25) is 0 Å². The van der Waals surface area contributed by atoms with Crippen LogP contribution in [0.25, 0.3) is 0 Å². The van der Waals surface area contributed by atoms with Crippen LogP contribution in [-0.4, -0.2) is 19.8 Å². The maximum absolute atomic E-state index is 5.87. The fraction of sp³-hybridized carbons (Fsp3) is 0.571. The Bertz CT molecular complexity index is 337. The molecular formula is C14H21ClO2. The van der Waals surface area contributed by atoms with Crippen molar-refractivity contribution in [1.29, 1.82) is 0 Å². The molecule has 0 saturated heterocycles. The lowest BCUT2D eigenvalue weighted by atomic mass is 10.1. The van der Waals surface area contributed by atoms with E-state index in [1.807, 2.05) is 19.1 Å². The molecule has 96 valence electrons. The van der Waals surface area contributed by atoms with Crippen molar-refractivity contribution < 1.29 is 9.47 Å². The van der Waals surface area contributed by atoms with Crippen LogP contribution in [0.1, 0.15) is 25.0 Å². The number of aryl methyl sites for hydroxylation is 1. The van der Waals surface area contributed by atoms with Gasteiger partial charge < -0.3 is 9.47 Å². The first-order valence-corrected chi connectivity index (χ1v) is 6.53. The molecule has 3 heteroatoms. The minimum Gasteiger partial charge on any atom is -0.491 e. The van der Waals surface area contributed by atoms with E-state index in [4.69, 9.17) is 21.1 Å². The van der Waals surface area contributed by atoms with Gasteiger partial charge in [0.15, 0.2) is 0 Å². The molecule has 1 rings (SSSR count). The Morgan fingerprint density at radius 1 is 1.24 bits per heavy atom. The Morgan fingerprint density at radius 2 is 2.00 bits per heavy atom. The number of halogens is 1. The second-order valence-electron chi connectivity index (χ2n) is 4.56. The van der Waals surface area contributed by atoms with Gasteiger partial charge in [0.2, 0.25) is 0 Å². The maximum atomic E-state index is 5.87. The van der Waals surface area contributed by atoms with Crippen LogP contribution in [0.5, 0.6) is 5.75 Å². The average Bonchev–Trinajstić information content (AvgIpc) is 2.29. The third kappa shape index (κ3) is 5.42. The molecule has 0 aliphatic rings. The zero-order valence-electron chi connectivity index (χ0n) is 10.8. The minimum absolute atomic E-state index is 0.476. The second-order valence-corrected chi connectivity index (χ2v) is 4.83. The topological polar surface area (TPSA) is 18.5 Å². The Kier molecular flexibility index (Phi) is 6.38.